The first-order valence-corrected chi connectivity index (χ1v) is 10.8. The van der Waals surface area contributed by atoms with Crippen molar-refractivity contribution in [1.29, 1.82) is 0 Å². The highest BCUT2D eigenvalue weighted by atomic mass is 16.5. The Balaban J connectivity index is 1.77. The number of benzene rings is 1. The number of aryl methyl sites for hydroxylation is 1. The molecule has 0 radical (unpaired) electrons. The molecule has 0 saturated carbocycles. The van der Waals surface area contributed by atoms with Gasteiger partial charge in [-0.2, -0.15) is 0 Å². The summed E-state index contributed by atoms with van der Waals surface area (Å²) < 4.78 is 12.6. The van der Waals surface area contributed by atoms with E-state index < -0.39 is 6.04 Å². The molecule has 3 rings (SSSR count). The molecule has 0 unspecified atom stereocenters. The minimum absolute atomic E-state index is 0.0121. The average molecular weight is 444 g/mol. The van der Waals surface area contributed by atoms with Gasteiger partial charge in [0.15, 0.2) is 0 Å². The number of aromatic nitrogens is 2. The van der Waals surface area contributed by atoms with Gasteiger partial charge < -0.3 is 24.3 Å². The molecule has 2 heterocycles. The molecule has 1 aliphatic heterocycles. The third-order valence-corrected chi connectivity index (χ3v) is 5.78. The second-order valence-corrected chi connectivity index (χ2v) is 8.27. The maximum atomic E-state index is 13.3. The summed E-state index contributed by atoms with van der Waals surface area (Å²) in [5.74, 6) is 1.99. The normalized spacial score (nSPS) is 16.7. The molecule has 1 aromatic carbocycles. The molecule has 0 spiro atoms. The molecule has 9 heteroatoms. The zero-order chi connectivity index (χ0) is 23.3. The summed E-state index contributed by atoms with van der Waals surface area (Å²) in [4.78, 5) is 34.2. The number of carbonyl (C=O) groups excluding carboxylic acids is 2. The monoisotopic (exact) mass is 443 g/mol. The highest BCUT2D eigenvalue weighted by molar-refractivity contribution is 5.89. The fraction of sp³-hybridized carbons (Fsp3) is 0.522. The van der Waals surface area contributed by atoms with Crippen molar-refractivity contribution in [2.45, 2.75) is 45.4 Å². The lowest BCUT2D eigenvalue weighted by atomic mass is 10.1. The van der Waals surface area contributed by atoms with Crippen molar-refractivity contribution in [2.75, 3.05) is 27.3 Å². The van der Waals surface area contributed by atoms with E-state index in [1.165, 1.54) is 0 Å². The largest absolute Gasteiger partial charge is 0.497 e. The predicted molar refractivity (Wildman–Crippen MR) is 120 cm³/mol. The number of methoxy groups -OCH3 is 2. The number of carbonyl (C=O) groups is 2. The van der Waals surface area contributed by atoms with Gasteiger partial charge >= 0.3 is 0 Å². The van der Waals surface area contributed by atoms with Crippen LogP contribution in [0.4, 0.5) is 0 Å². The summed E-state index contributed by atoms with van der Waals surface area (Å²) >= 11 is 0. The number of piperazine rings is 1. The third-order valence-electron chi connectivity index (χ3n) is 5.78. The molecule has 1 saturated heterocycles. The van der Waals surface area contributed by atoms with E-state index in [0.29, 0.717) is 37.7 Å². The van der Waals surface area contributed by atoms with Gasteiger partial charge in [-0.3, -0.25) is 14.5 Å². The van der Waals surface area contributed by atoms with Crippen LogP contribution in [0.15, 0.2) is 30.6 Å². The van der Waals surface area contributed by atoms with Crippen molar-refractivity contribution in [3.63, 3.8) is 0 Å². The Bertz CT molecular complexity index is 920. The Morgan fingerprint density at radius 2 is 1.94 bits per heavy atom. The van der Waals surface area contributed by atoms with Crippen molar-refractivity contribution >= 4 is 11.8 Å². The Morgan fingerprint density at radius 3 is 2.50 bits per heavy atom. The van der Waals surface area contributed by atoms with Gasteiger partial charge in [0.1, 0.15) is 17.3 Å². The van der Waals surface area contributed by atoms with E-state index in [1.807, 2.05) is 54.8 Å². The van der Waals surface area contributed by atoms with E-state index in [1.54, 1.807) is 25.3 Å². The second kappa shape index (κ2) is 10.5. The number of ether oxygens (including phenoxy) is 2. The lowest BCUT2D eigenvalue weighted by molar-refractivity contribution is -0.140. The summed E-state index contributed by atoms with van der Waals surface area (Å²) in [6.45, 7) is 6.07. The zero-order valence-electron chi connectivity index (χ0n) is 19.5. The molecule has 2 aromatic rings. The van der Waals surface area contributed by atoms with Crippen LogP contribution >= 0.6 is 0 Å². The van der Waals surface area contributed by atoms with E-state index in [0.717, 1.165) is 11.4 Å². The van der Waals surface area contributed by atoms with Gasteiger partial charge in [0.25, 0.3) is 0 Å². The van der Waals surface area contributed by atoms with Crippen LogP contribution in [0, 0.1) is 0 Å². The first kappa shape index (κ1) is 23.6. The van der Waals surface area contributed by atoms with Crippen LogP contribution in [0.5, 0.6) is 11.5 Å². The average Bonchev–Trinajstić information content (AvgIpc) is 3.18. The highest BCUT2D eigenvalue weighted by Crippen LogP contribution is 2.25. The second-order valence-electron chi connectivity index (χ2n) is 8.27. The number of nitrogens with zero attached hydrogens (tertiary/aromatic N) is 4. The lowest BCUT2D eigenvalue weighted by Gasteiger charge is -2.36. The summed E-state index contributed by atoms with van der Waals surface area (Å²) in [5.41, 5.74) is 0.960. The van der Waals surface area contributed by atoms with Crippen molar-refractivity contribution in [2.24, 2.45) is 7.05 Å². The van der Waals surface area contributed by atoms with Gasteiger partial charge in [-0.1, -0.05) is 0 Å². The first-order chi connectivity index (χ1) is 15.3. The standard InChI is InChI=1S/C23H33N5O4/c1-16(2)28(15-21-24-6-8-26(21)3)22(29)13-20-23(30)25-7-9-27(20)14-17-10-18(31-4)12-19(11-17)32-5/h6,8,10-12,16,20H,7,9,13-15H2,1-5H3,(H,25,30)/t20-/m1/s1. The maximum absolute atomic E-state index is 13.3. The number of rotatable bonds is 9. The van der Waals surface area contributed by atoms with Gasteiger partial charge in [0.05, 0.1) is 33.2 Å². The molecule has 9 nitrogen and oxygen atoms in total. The molecule has 1 aromatic heterocycles. The SMILES string of the molecule is COc1cc(CN2CCNC(=O)[C@H]2CC(=O)N(Cc2nccn2C)C(C)C)cc(OC)c1. The quantitative estimate of drug-likeness (QED) is 0.633. The Hall–Kier alpha value is -3.07. The van der Waals surface area contributed by atoms with E-state index in [9.17, 15) is 9.59 Å². The van der Waals surface area contributed by atoms with Gasteiger partial charge in [-0.25, -0.2) is 4.98 Å². The summed E-state index contributed by atoms with van der Waals surface area (Å²) in [6, 6.07) is 5.11. The van der Waals surface area contributed by atoms with Crippen LogP contribution in [0.25, 0.3) is 0 Å². The zero-order valence-corrected chi connectivity index (χ0v) is 19.5. The number of amides is 2. The predicted octanol–water partition coefficient (Wildman–Crippen LogP) is 1.57. The van der Waals surface area contributed by atoms with E-state index >= 15 is 0 Å². The van der Waals surface area contributed by atoms with Crippen LogP contribution in [0.3, 0.4) is 0 Å². The van der Waals surface area contributed by atoms with Crippen molar-refractivity contribution in [3.05, 3.63) is 42.0 Å². The molecule has 32 heavy (non-hydrogen) atoms. The van der Waals surface area contributed by atoms with Crippen molar-refractivity contribution < 1.29 is 19.1 Å². The topological polar surface area (TPSA) is 88.9 Å². The number of nitrogens with one attached hydrogen (secondary N) is 1. The summed E-state index contributed by atoms with van der Waals surface area (Å²) in [7, 11) is 5.12. The van der Waals surface area contributed by atoms with Gasteiger partial charge in [-0.05, 0) is 31.5 Å². The molecule has 1 fully saturated rings. The van der Waals surface area contributed by atoms with Crippen LogP contribution in [-0.2, 0) is 29.7 Å². The Morgan fingerprint density at radius 1 is 1.25 bits per heavy atom. The number of imidazole rings is 1. The molecular formula is C23H33N5O4. The third kappa shape index (κ3) is 5.59. The fourth-order valence-electron chi connectivity index (χ4n) is 3.91. The van der Waals surface area contributed by atoms with Gasteiger partial charge in [0.2, 0.25) is 11.8 Å². The van der Waals surface area contributed by atoms with Crippen LogP contribution in [0.1, 0.15) is 31.7 Å². The molecule has 1 aliphatic rings. The molecule has 0 bridgehead atoms. The van der Waals surface area contributed by atoms with Crippen molar-refractivity contribution in [1.82, 2.24) is 24.7 Å². The van der Waals surface area contributed by atoms with E-state index in [-0.39, 0.29) is 24.3 Å². The summed E-state index contributed by atoms with van der Waals surface area (Å²) in [5, 5.41) is 2.90. The Kier molecular flexibility index (Phi) is 7.74. The fourth-order valence-corrected chi connectivity index (χ4v) is 3.91. The minimum Gasteiger partial charge on any atom is -0.497 e. The maximum Gasteiger partial charge on any atom is 0.237 e. The van der Waals surface area contributed by atoms with E-state index in [2.05, 4.69) is 10.3 Å². The van der Waals surface area contributed by atoms with Crippen LogP contribution in [0.2, 0.25) is 0 Å². The number of hydrogen-bond donors (Lipinski definition) is 1. The highest BCUT2D eigenvalue weighted by Gasteiger charge is 2.34. The smallest absolute Gasteiger partial charge is 0.237 e. The first-order valence-electron chi connectivity index (χ1n) is 10.8. The van der Waals surface area contributed by atoms with E-state index in [4.69, 9.17) is 9.47 Å². The Labute approximate surface area is 189 Å². The number of hydrogen-bond acceptors (Lipinski definition) is 6. The lowest BCUT2D eigenvalue weighted by Crippen LogP contribution is -2.56. The molecule has 1 atom stereocenters. The van der Waals surface area contributed by atoms with Crippen LogP contribution < -0.4 is 14.8 Å². The molecule has 0 aliphatic carbocycles. The van der Waals surface area contributed by atoms with Gasteiger partial charge in [-0.15, -0.1) is 0 Å². The minimum atomic E-state index is -0.545. The van der Waals surface area contributed by atoms with Gasteiger partial charge in [0, 0.05) is 51.2 Å². The van der Waals surface area contributed by atoms with Crippen LogP contribution in [-0.4, -0.2) is 70.6 Å². The molecule has 174 valence electrons. The summed E-state index contributed by atoms with van der Waals surface area (Å²) in [6.07, 6.45) is 3.68. The molecule has 2 amide bonds. The molecule has 1 N–H and O–H groups in total. The van der Waals surface area contributed by atoms with Crippen molar-refractivity contribution in [3.8, 4) is 11.5 Å². The molecular weight excluding hydrogens is 410 g/mol.